The zero-order valence-electron chi connectivity index (χ0n) is 12.8. The van der Waals surface area contributed by atoms with E-state index in [9.17, 15) is 4.79 Å². The van der Waals surface area contributed by atoms with E-state index in [-0.39, 0.29) is 11.2 Å². The van der Waals surface area contributed by atoms with Gasteiger partial charge in [-0.25, -0.2) is 4.68 Å². The van der Waals surface area contributed by atoms with Crippen LogP contribution in [0.15, 0.2) is 52.2 Å². The number of amides is 1. The number of nitrogens with zero attached hydrogens (tertiary/aromatic N) is 4. The number of aryl methyl sites for hydroxylation is 1. The number of para-hydroxylation sites is 1. The van der Waals surface area contributed by atoms with Gasteiger partial charge in [-0.3, -0.25) is 4.79 Å². The normalized spacial score (nSPS) is 17.2. The fourth-order valence-corrected chi connectivity index (χ4v) is 3.62. The third-order valence-electron chi connectivity index (χ3n) is 3.88. The Hall–Kier alpha value is -2.61. The molecule has 0 spiro atoms. The number of benzene rings is 1. The molecule has 0 radical (unpaired) electrons. The van der Waals surface area contributed by atoms with Crippen LogP contribution in [-0.4, -0.2) is 31.4 Å². The van der Waals surface area contributed by atoms with E-state index in [2.05, 4.69) is 20.8 Å². The van der Waals surface area contributed by atoms with Gasteiger partial charge in [0.15, 0.2) is 0 Å². The van der Waals surface area contributed by atoms with Crippen molar-refractivity contribution in [1.29, 1.82) is 0 Å². The monoisotopic (exact) mass is 341 g/mol. The lowest BCUT2D eigenvalue weighted by Crippen LogP contribution is -2.24. The van der Waals surface area contributed by atoms with Crippen LogP contribution < -0.4 is 5.32 Å². The van der Waals surface area contributed by atoms with Crippen molar-refractivity contribution >= 4 is 23.4 Å². The standard InChI is InChI=1S/C16H15N5O2S/c22-15-14(8-7-11-4-1-2-6-13(11)17-15)24-16-18-19-20-21(16)10-12-5-3-9-23-12/h1-6,9,14H,7-8,10H2,(H,17,22). The predicted molar refractivity (Wildman–Crippen MR) is 88.7 cm³/mol. The third kappa shape index (κ3) is 3.05. The minimum atomic E-state index is -0.237. The molecule has 3 heterocycles. The molecule has 0 saturated heterocycles. The molecule has 122 valence electrons. The van der Waals surface area contributed by atoms with Gasteiger partial charge < -0.3 is 9.73 Å². The number of hydrogen-bond acceptors (Lipinski definition) is 6. The zero-order chi connectivity index (χ0) is 16.4. The van der Waals surface area contributed by atoms with Gasteiger partial charge >= 0.3 is 0 Å². The third-order valence-corrected chi connectivity index (χ3v) is 5.11. The summed E-state index contributed by atoms with van der Waals surface area (Å²) in [5.74, 6) is 0.749. The largest absolute Gasteiger partial charge is 0.467 e. The SMILES string of the molecule is O=C1Nc2ccccc2CCC1Sc1nnnn1Cc1ccco1. The number of furan rings is 1. The number of hydrogen-bond donors (Lipinski definition) is 1. The molecule has 8 heteroatoms. The van der Waals surface area contributed by atoms with Gasteiger partial charge in [-0.1, -0.05) is 30.0 Å². The maximum absolute atomic E-state index is 12.5. The highest BCUT2D eigenvalue weighted by atomic mass is 32.2. The number of nitrogens with one attached hydrogen (secondary N) is 1. The Labute approximate surface area is 142 Å². The topological polar surface area (TPSA) is 85.8 Å². The van der Waals surface area contributed by atoms with Gasteiger partial charge in [0.1, 0.15) is 12.3 Å². The summed E-state index contributed by atoms with van der Waals surface area (Å²) in [7, 11) is 0. The molecule has 24 heavy (non-hydrogen) atoms. The Kier molecular flexibility index (Phi) is 4.04. The molecule has 1 aliphatic rings. The number of anilines is 1. The summed E-state index contributed by atoms with van der Waals surface area (Å²) in [4.78, 5) is 12.5. The molecule has 0 bridgehead atoms. The molecule has 3 aromatic rings. The predicted octanol–water partition coefficient (Wildman–Crippen LogP) is 2.36. The number of fused-ring (bicyclic) bond motifs is 1. The molecule has 1 aliphatic heterocycles. The van der Waals surface area contributed by atoms with Crippen LogP contribution in [0.1, 0.15) is 17.7 Å². The van der Waals surface area contributed by atoms with Crippen LogP contribution in [0.2, 0.25) is 0 Å². The van der Waals surface area contributed by atoms with Crippen LogP contribution in [0.5, 0.6) is 0 Å². The Morgan fingerprint density at radius 2 is 2.21 bits per heavy atom. The van der Waals surface area contributed by atoms with Crippen molar-refractivity contribution in [1.82, 2.24) is 20.2 Å². The molecule has 1 unspecified atom stereocenters. The van der Waals surface area contributed by atoms with Gasteiger partial charge in [0.2, 0.25) is 11.1 Å². The Bertz CT molecular complexity index is 846. The summed E-state index contributed by atoms with van der Waals surface area (Å²) in [5.41, 5.74) is 2.05. The molecule has 4 rings (SSSR count). The van der Waals surface area contributed by atoms with Crippen LogP contribution in [0.25, 0.3) is 0 Å². The van der Waals surface area contributed by atoms with Gasteiger partial charge in [-0.05, 0) is 47.0 Å². The fourth-order valence-electron chi connectivity index (χ4n) is 2.66. The first-order valence-electron chi connectivity index (χ1n) is 7.63. The number of tetrazole rings is 1. The minimum Gasteiger partial charge on any atom is -0.467 e. The number of thioether (sulfide) groups is 1. The summed E-state index contributed by atoms with van der Waals surface area (Å²) in [6, 6.07) is 11.6. The molecule has 2 aromatic heterocycles. The van der Waals surface area contributed by atoms with Gasteiger partial charge in [0, 0.05) is 5.69 Å². The molecule has 0 fully saturated rings. The second-order valence-electron chi connectivity index (χ2n) is 5.49. The average Bonchev–Trinajstić information content (AvgIpc) is 3.22. The van der Waals surface area contributed by atoms with Gasteiger partial charge in [0.25, 0.3) is 0 Å². The Balaban J connectivity index is 1.50. The van der Waals surface area contributed by atoms with Crippen molar-refractivity contribution in [2.24, 2.45) is 0 Å². The van der Waals surface area contributed by atoms with Gasteiger partial charge in [-0.2, -0.15) is 0 Å². The van der Waals surface area contributed by atoms with Crippen LogP contribution >= 0.6 is 11.8 Å². The van der Waals surface area contributed by atoms with E-state index in [0.29, 0.717) is 11.7 Å². The van der Waals surface area contributed by atoms with Crippen LogP contribution in [0.3, 0.4) is 0 Å². The molecule has 1 atom stereocenters. The molecular formula is C16H15N5O2S. The highest BCUT2D eigenvalue weighted by Gasteiger charge is 2.26. The zero-order valence-corrected chi connectivity index (χ0v) is 13.6. The maximum atomic E-state index is 12.5. The molecular weight excluding hydrogens is 326 g/mol. The lowest BCUT2D eigenvalue weighted by Gasteiger charge is -2.11. The van der Waals surface area contributed by atoms with Crippen molar-refractivity contribution in [3.8, 4) is 0 Å². The van der Waals surface area contributed by atoms with Gasteiger partial charge in [0.05, 0.1) is 11.5 Å². The lowest BCUT2D eigenvalue weighted by molar-refractivity contribution is -0.115. The van der Waals surface area contributed by atoms with E-state index in [1.54, 1.807) is 10.9 Å². The van der Waals surface area contributed by atoms with Crippen molar-refractivity contribution in [3.05, 3.63) is 54.0 Å². The molecule has 1 amide bonds. The van der Waals surface area contributed by atoms with Crippen molar-refractivity contribution < 1.29 is 9.21 Å². The quantitative estimate of drug-likeness (QED) is 0.784. The first-order valence-corrected chi connectivity index (χ1v) is 8.51. The van der Waals surface area contributed by atoms with E-state index in [1.807, 2.05) is 36.4 Å². The molecule has 1 aromatic carbocycles. The summed E-state index contributed by atoms with van der Waals surface area (Å²) >= 11 is 1.38. The second-order valence-corrected chi connectivity index (χ2v) is 6.66. The van der Waals surface area contributed by atoms with Crippen molar-refractivity contribution in [2.45, 2.75) is 29.8 Å². The lowest BCUT2D eigenvalue weighted by atomic mass is 10.1. The van der Waals surface area contributed by atoms with E-state index >= 15 is 0 Å². The van der Waals surface area contributed by atoms with Crippen molar-refractivity contribution in [3.63, 3.8) is 0 Å². The first-order chi connectivity index (χ1) is 11.8. The summed E-state index contributed by atoms with van der Waals surface area (Å²) in [5, 5.41) is 15.1. The Morgan fingerprint density at radius 3 is 3.08 bits per heavy atom. The molecule has 0 saturated carbocycles. The minimum absolute atomic E-state index is 0.0162. The molecule has 1 N–H and O–H groups in total. The van der Waals surface area contributed by atoms with Crippen LogP contribution in [0.4, 0.5) is 5.69 Å². The fraction of sp³-hybridized carbons (Fsp3) is 0.250. The van der Waals surface area contributed by atoms with Crippen LogP contribution in [0, 0.1) is 0 Å². The number of carbonyl (C=O) groups is 1. The van der Waals surface area contributed by atoms with E-state index in [1.165, 1.54) is 11.8 Å². The summed E-state index contributed by atoms with van der Waals surface area (Å²) in [6.45, 7) is 0.441. The highest BCUT2D eigenvalue weighted by Crippen LogP contribution is 2.30. The van der Waals surface area contributed by atoms with Gasteiger partial charge in [-0.15, -0.1) is 5.10 Å². The number of rotatable bonds is 4. The smallest absolute Gasteiger partial charge is 0.237 e. The second kappa shape index (κ2) is 6.48. The van der Waals surface area contributed by atoms with E-state index in [0.717, 1.165) is 29.9 Å². The maximum Gasteiger partial charge on any atom is 0.237 e. The van der Waals surface area contributed by atoms with Crippen LogP contribution in [-0.2, 0) is 17.8 Å². The highest BCUT2D eigenvalue weighted by molar-refractivity contribution is 8.00. The van der Waals surface area contributed by atoms with Crippen molar-refractivity contribution in [2.75, 3.05) is 5.32 Å². The summed E-state index contributed by atoms with van der Waals surface area (Å²) < 4.78 is 6.98. The Morgan fingerprint density at radius 1 is 1.29 bits per heavy atom. The average molecular weight is 341 g/mol. The molecule has 7 nitrogen and oxygen atoms in total. The summed E-state index contributed by atoms with van der Waals surface area (Å²) in [6.07, 6.45) is 3.19. The first kappa shape index (κ1) is 14.9. The molecule has 0 aliphatic carbocycles. The van der Waals surface area contributed by atoms with E-state index in [4.69, 9.17) is 4.42 Å². The van der Waals surface area contributed by atoms with E-state index < -0.39 is 0 Å². The number of carbonyl (C=O) groups excluding carboxylic acids is 1. The number of aromatic nitrogens is 4.